The van der Waals surface area contributed by atoms with Gasteiger partial charge in [0.15, 0.2) is 0 Å². The summed E-state index contributed by atoms with van der Waals surface area (Å²) in [5, 5.41) is 3.92. The van der Waals surface area contributed by atoms with Crippen LogP contribution >= 0.6 is 0 Å². The number of hydrogen-bond donors (Lipinski definition) is 0. The summed E-state index contributed by atoms with van der Waals surface area (Å²) in [6.07, 6.45) is 4.06. The SMILES string of the molecule is Cc1noc(C)c1C(=O)N1CCC([C@@H](Cc2ccccc2)N(C)C(=O)c2ccccn2)CC1. The third kappa shape index (κ3) is 4.97. The fourth-order valence-corrected chi connectivity index (χ4v) is 4.73. The maximum absolute atomic E-state index is 13.2. The quantitative estimate of drug-likeness (QED) is 0.573. The van der Waals surface area contributed by atoms with Crippen molar-refractivity contribution in [2.75, 3.05) is 20.1 Å². The van der Waals surface area contributed by atoms with Gasteiger partial charge in [0.25, 0.3) is 11.8 Å². The summed E-state index contributed by atoms with van der Waals surface area (Å²) in [5.41, 5.74) is 2.83. The molecule has 2 amide bonds. The highest BCUT2D eigenvalue weighted by atomic mass is 16.5. The number of carbonyl (C=O) groups excluding carboxylic acids is 2. The van der Waals surface area contributed by atoms with Gasteiger partial charge in [-0.05, 0) is 56.7 Å². The molecule has 2 aromatic heterocycles. The Labute approximate surface area is 194 Å². The van der Waals surface area contributed by atoms with Crippen LogP contribution in [0.2, 0.25) is 0 Å². The maximum Gasteiger partial charge on any atom is 0.272 e. The van der Waals surface area contributed by atoms with Crippen molar-refractivity contribution in [1.82, 2.24) is 19.9 Å². The number of aryl methyl sites for hydroxylation is 2. The number of hydrogen-bond acceptors (Lipinski definition) is 5. The van der Waals surface area contributed by atoms with Crippen molar-refractivity contribution in [3.63, 3.8) is 0 Å². The number of piperidine rings is 1. The zero-order valence-corrected chi connectivity index (χ0v) is 19.4. The molecule has 7 nitrogen and oxygen atoms in total. The molecule has 172 valence electrons. The first kappa shape index (κ1) is 22.7. The molecule has 0 unspecified atom stereocenters. The number of likely N-dealkylation sites (tertiary alicyclic amines) is 1. The van der Waals surface area contributed by atoms with E-state index in [4.69, 9.17) is 4.52 Å². The maximum atomic E-state index is 13.2. The lowest BCUT2D eigenvalue weighted by molar-refractivity contribution is 0.0518. The Morgan fingerprint density at radius 1 is 1.09 bits per heavy atom. The second kappa shape index (κ2) is 9.98. The lowest BCUT2D eigenvalue weighted by Gasteiger charge is -2.40. The predicted molar refractivity (Wildman–Crippen MR) is 125 cm³/mol. The summed E-state index contributed by atoms with van der Waals surface area (Å²) in [6, 6.07) is 15.7. The average molecular weight is 447 g/mol. The summed E-state index contributed by atoms with van der Waals surface area (Å²) in [4.78, 5) is 34.2. The van der Waals surface area contributed by atoms with Crippen molar-refractivity contribution in [1.29, 1.82) is 0 Å². The van der Waals surface area contributed by atoms with Crippen LogP contribution in [0.25, 0.3) is 0 Å². The van der Waals surface area contributed by atoms with Crippen LogP contribution in [0.3, 0.4) is 0 Å². The molecule has 0 aliphatic carbocycles. The largest absolute Gasteiger partial charge is 0.361 e. The molecule has 1 aromatic carbocycles. The minimum Gasteiger partial charge on any atom is -0.361 e. The van der Waals surface area contributed by atoms with Crippen LogP contribution in [0.1, 0.15) is 50.7 Å². The topological polar surface area (TPSA) is 79.5 Å². The smallest absolute Gasteiger partial charge is 0.272 e. The van der Waals surface area contributed by atoms with Crippen LogP contribution in [-0.4, -0.2) is 57.9 Å². The molecule has 3 aromatic rings. The number of pyridine rings is 1. The molecule has 1 atom stereocenters. The van der Waals surface area contributed by atoms with E-state index in [1.165, 1.54) is 5.56 Å². The highest BCUT2D eigenvalue weighted by Gasteiger charge is 2.34. The van der Waals surface area contributed by atoms with Gasteiger partial charge in [-0.3, -0.25) is 14.6 Å². The molecule has 0 bridgehead atoms. The van der Waals surface area contributed by atoms with Gasteiger partial charge in [-0.15, -0.1) is 0 Å². The molecule has 3 heterocycles. The van der Waals surface area contributed by atoms with Gasteiger partial charge in [0.05, 0.1) is 5.69 Å². The molecule has 0 N–H and O–H groups in total. The molecule has 0 spiro atoms. The second-order valence-electron chi connectivity index (χ2n) is 8.72. The van der Waals surface area contributed by atoms with Crippen LogP contribution < -0.4 is 0 Å². The summed E-state index contributed by atoms with van der Waals surface area (Å²) in [6.45, 7) is 4.85. The van der Waals surface area contributed by atoms with Crippen molar-refractivity contribution >= 4 is 11.8 Å². The van der Waals surface area contributed by atoms with Gasteiger partial charge in [-0.1, -0.05) is 41.6 Å². The molecular formula is C26H30N4O3. The van der Waals surface area contributed by atoms with Crippen molar-refractivity contribution in [2.24, 2.45) is 5.92 Å². The van der Waals surface area contributed by atoms with Crippen LogP contribution in [0.15, 0.2) is 59.3 Å². The monoisotopic (exact) mass is 446 g/mol. The number of nitrogens with zero attached hydrogens (tertiary/aromatic N) is 4. The molecule has 4 rings (SSSR count). The Morgan fingerprint density at radius 3 is 2.39 bits per heavy atom. The summed E-state index contributed by atoms with van der Waals surface area (Å²) >= 11 is 0. The zero-order chi connectivity index (χ0) is 23.4. The van der Waals surface area contributed by atoms with E-state index in [1.807, 2.05) is 47.2 Å². The van der Waals surface area contributed by atoms with Crippen molar-refractivity contribution in [3.05, 3.63) is 83.0 Å². The van der Waals surface area contributed by atoms with Gasteiger partial charge in [-0.25, -0.2) is 0 Å². The van der Waals surface area contributed by atoms with Crippen molar-refractivity contribution in [3.8, 4) is 0 Å². The zero-order valence-electron chi connectivity index (χ0n) is 19.4. The van der Waals surface area contributed by atoms with E-state index >= 15 is 0 Å². The van der Waals surface area contributed by atoms with E-state index in [1.54, 1.807) is 26.1 Å². The minimum absolute atomic E-state index is 0.0122. The molecule has 33 heavy (non-hydrogen) atoms. The Kier molecular flexibility index (Phi) is 6.87. The molecule has 7 heteroatoms. The average Bonchev–Trinajstić information content (AvgIpc) is 3.20. The van der Waals surface area contributed by atoms with E-state index in [0.29, 0.717) is 35.8 Å². The van der Waals surface area contributed by atoms with Gasteiger partial charge in [0, 0.05) is 32.4 Å². The van der Waals surface area contributed by atoms with E-state index in [2.05, 4.69) is 22.3 Å². The third-order valence-electron chi connectivity index (χ3n) is 6.61. The van der Waals surface area contributed by atoms with Crippen molar-refractivity contribution in [2.45, 2.75) is 39.2 Å². The Bertz CT molecular complexity index is 1070. The van der Waals surface area contributed by atoms with Crippen LogP contribution in [0, 0.1) is 19.8 Å². The minimum atomic E-state index is -0.0780. The first-order valence-corrected chi connectivity index (χ1v) is 11.4. The molecule has 1 aliphatic heterocycles. The lowest BCUT2D eigenvalue weighted by Crippen LogP contribution is -2.48. The summed E-state index contributed by atoms with van der Waals surface area (Å²) in [5.74, 6) is 0.729. The van der Waals surface area contributed by atoms with Crippen molar-refractivity contribution < 1.29 is 14.1 Å². The molecule has 0 saturated carbocycles. The molecule has 1 fully saturated rings. The summed E-state index contributed by atoms with van der Waals surface area (Å²) < 4.78 is 5.19. The fraction of sp³-hybridized carbons (Fsp3) is 0.385. The van der Waals surface area contributed by atoms with Crippen LogP contribution in [0.5, 0.6) is 0 Å². The van der Waals surface area contributed by atoms with Crippen LogP contribution in [-0.2, 0) is 6.42 Å². The number of rotatable bonds is 6. The Morgan fingerprint density at radius 2 is 1.79 bits per heavy atom. The number of benzene rings is 1. The predicted octanol–water partition coefficient (Wildman–Crippen LogP) is 3.92. The normalized spacial score (nSPS) is 15.3. The van der Waals surface area contributed by atoms with Crippen LogP contribution in [0.4, 0.5) is 0 Å². The number of carbonyl (C=O) groups is 2. The van der Waals surface area contributed by atoms with Gasteiger partial charge in [-0.2, -0.15) is 0 Å². The lowest BCUT2D eigenvalue weighted by atomic mass is 9.84. The Hall–Kier alpha value is -3.48. The van der Waals surface area contributed by atoms with E-state index in [9.17, 15) is 9.59 Å². The van der Waals surface area contributed by atoms with Gasteiger partial charge < -0.3 is 14.3 Å². The molecule has 1 aliphatic rings. The first-order valence-electron chi connectivity index (χ1n) is 11.4. The highest BCUT2D eigenvalue weighted by molar-refractivity contribution is 5.96. The third-order valence-corrected chi connectivity index (χ3v) is 6.61. The second-order valence-corrected chi connectivity index (χ2v) is 8.72. The van der Waals surface area contributed by atoms with Gasteiger partial charge in [0.2, 0.25) is 0 Å². The van der Waals surface area contributed by atoms with E-state index in [-0.39, 0.29) is 23.8 Å². The first-order chi connectivity index (χ1) is 16.0. The molecule has 1 saturated heterocycles. The van der Waals surface area contributed by atoms with E-state index < -0.39 is 0 Å². The summed E-state index contributed by atoms with van der Waals surface area (Å²) in [7, 11) is 1.87. The Balaban J connectivity index is 1.50. The van der Waals surface area contributed by atoms with Gasteiger partial charge >= 0.3 is 0 Å². The standard InChI is InChI=1S/C26H30N4O3/c1-18-24(19(2)33-28-18)26(32)30-15-12-21(13-16-30)23(17-20-9-5-4-6-10-20)29(3)25(31)22-11-7-8-14-27-22/h4-11,14,21,23H,12-13,15-17H2,1-3H3/t23-/m1/s1. The van der Waals surface area contributed by atoms with E-state index in [0.717, 1.165) is 19.3 Å². The highest BCUT2D eigenvalue weighted by Crippen LogP contribution is 2.28. The molecule has 0 radical (unpaired) electrons. The number of likely N-dealkylation sites (N-methyl/N-ethyl adjacent to an activating group) is 1. The fourth-order valence-electron chi connectivity index (χ4n) is 4.73. The number of amides is 2. The molecular weight excluding hydrogens is 416 g/mol. The van der Waals surface area contributed by atoms with Gasteiger partial charge in [0.1, 0.15) is 17.0 Å². The number of aromatic nitrogens is 2.